The normalized spacial score (nSPS) is 12.1. The molecule has 1 atom stereocenters. The first-order valence-electron chi connectivity index (χ1n) is 5.76. The van der Waals surface area contributed by atoms with Crippen LogP contribution in [0, 0.1) is 0 Å². The lowest BCUT2D eigenvalue weighted by atomic mass is 10.3. The fourth-order valence-corrected chi connectivity index (χ4v) is 2.91. The third kappa shape index (κ3) is 2.74. The number of aromatic nitrogens is 3. The Bertz CT molecular complexity index is 683. The van der Waals surface area contributed by atoms with Crippen molar-refractivity contribution in [3.05, 3.63) is 48.2 Å². The maximum atomic E-state index is 12.3. The smallest absolute Gasteiger partial charge is 0.321 e. The van der Waals surface area contributed by atoms with Gasteiger partial charge in [0.25, 0.3) is 0 Å². The largest absolute Gasteiger partial charge is 0.609 e. The molecule has 1 unspecified atom stereocenters. The predicted octanol–water partition coefficient (Wildman–Crippen LogP) is 1.02. The zero-order valence-corrected chi connectivity index (χ0v) is 11.4. The third-order valence-electron chi connectivity index (χ3n) is 2.80. The van der Waals surface area contributed by atoms with E-state index in [0.717, 1.165) is 16.6 Å². The van der Waals surface area contributed by atoms with Crippen LogP contribution in [0.5, 0.6) is 0 Å². The lowest BCUT2D eigenvalue weighted by Crippen LogP contribution is -2.09. The molecule has 0 aliphatic carbocycles. The van der Waals surface area contributed by atoms with Gasteiger partial charge in [0.2, 0.25) is 0 Å². The van der Waals surface area contributed by atoms with E-state index in [9.17, 15) is 4.55 Å². The number of anilines is 1. The van der Waals surface area contributed by atoms with Gasteiger partial charge >= 0.3 is 5.16 Å². The average Bonchev–Trinajstić information content (AvgIpc) is 2.85. The molecule has 2 aromatic heterocycles. The molecule has 5 N–H and O–H groups in total. The molecule has 6 nitrogen and oxygen atoms in total. The van der Waals surface area contributed by atoms with Crippen LogP contribution in [0.25, 0.3) is 11.0 Å². The molecule has 104 valence electrons. The Kier molecular flexibility index (Phi) is 4.23. The van der Waals surface area contributed by atoms with Gasteiger partial charge in [-0.1, -0.05) is 12.1 Å². The number of hydrogen-bond acceptors (Lipinski definition) is 4. The van der Waals surface area contributed by atoms with Gasteiger partial charge in [0.05, 0.1) is 11.0 Å². The van der Waals surface area contributed by atoms with Gasteiger partial charge in [-0.15, -0.1) is 0 Å². The molecule has 0 radical (unpaired) electrons. The van der Waals surface area contributed by atoms with Crippen LogP contribution < -0.4 is 5.73 Å². The molecule has 2 heterocycles. The van der Waals surface area contributed by atoms with E-state index in [4.69, 9.17) is 5.73 Å². The number of imidazole rings is 1. The van der Waals surface area contributed by atoms with Crippen LogP contribution in [0.1, 0.15) is 5.56 Å². The summed E-state index contributed by atoms with van der Waals surface area (Å²) in [4.78, 5) is 11.4. The number of rotatable bonds is 3. The van der Waals surface area contributed by atoms with Crippen LogP contribution in [-0.4, -0.2) is 25.0 Å². The van der Waals surface area contributed by atoms with Gasteiger partial charge in [-0.05, 0) is 24.3 Å². The van der Waals surface area contributed by atoms with E-state index in [1.807, 2.05) is 30.3 Å². The number of para-hydroxylation sites is 2. The van der Waals surface area contributed by atoms with Crippen molar-refractivity contribution in [3.8, 4) is 0 Å². The van der Waals surface area contributed by atoms with Gasteiger partial charge in [-0.25, -0.2) is 4.98 Å². The number of H-pyrrole nitrogens is 1. The molecule has 0 bridgehead atoms. The number of aromatic amines is 1. The van der Waals surface area contributed by atoms with Crippen LogP contribution in [0.15, 0.2) is 47.8 Å². The van der Waals surface area contributed by atoms with Crippen molar-refractivity contribution in [2.24, 2.45) is 0 Å². The fourth-order valence-electron chi connectivity index (χ4n) is 1.82. The Balaban J connectivity index is 0.00000147. The van der Waals surface area contributed by atoms with Crippen LogP contribution in [-0.2, 0) is 16.9 Å². The molecule has 0 saturated heterocycles. The van der Waals surface area contributed by atoms with Gasteiger partial charge in [-0.2, -0.15) is 4.98 Å². The number of nitrogens with one attached hydrogen (secondary N) is 1. The van der Waals surface area contributed by atoms with Gasteiger partial charge in [0.15, 0.2) is 0 Å². The first-order chi connectivity index (χ1) is 9.24. The highest BCUT2D eigenvalue weighted by atomic mass is 32.2. The lowest BCUT2D eigenvalue weighted by Gasteiger charge is -2.07. The highest BCUT2D eigenvalue weighted by Crippen LogP contribution is 2.19. The molecule has 3 rings (SSSR count). The molecular formula is C13H14N4O2S. The minimum Gasteiger partial charge on any atom is -0.609 e. The summed E-state index contributed by atoms with van der Waals surface area (Å²) in [6.07, 6.45) is 1.61. The molecule has 7 heteroatoms. The van der Waals surface area contributed by atoms with E-state index < -0.39 is 11.2 Å². The van der Waals surface area contributed by atoms with Crippen LogP contribution in [0.3, 0.4) is 0 Å². The van der Waals surface area contributed by atoms with E-state index in [2.05, 4.69) is 15.0 Å². The average molecular weight is 290 g/mol. The predicted molar refractivity (Wildman–Crippen MR) is 78.5 cm³/mol. The molecule has 0 spiro atoms. The fraction of sp³-hybridized carbons (Fsp3) is 0.0769. The summed E-state index contributed by atoms with van der Waals surface area (Å²) in [5.41, 5.74) is 8.20. The van der Waals surface area contributed by atoms with E-state index in [0.29, 0.717) is 16.7 Å². The van der Waals surface area contributed by atoms with Crippen molar-refractivity contribution in [1.82, 2.24) is 15.0 Å². The standard InChI is InChI=1S/C13H12N4OS.H2O/c14-12-9(4-3-7-15-12)8-19(18)13-16-10-5-1-2-6-11(10)17-13;/h1-7H,8H2,(H2,14,15)(H,16,17);1H2. The van der Waals surface area contributed by atoms with Gasteiger partial charge in [0.1, 0.15) is 11.6 Å². The highest BCUT2D eigenvalue weighted by Gasteiger charge is 2.18. The second-order valence-corrected chi connectivity index (χ2v) is 5.46. The quantitative estimate of drug-likeness (QED) is 0.699. The summed E-state index contributed by atoms with van der Waals surface area (Å²) in [5.74, 6) is 0.714. The Labute approximate surface area is 118 Å². The summed E-state index contributed by atoms with van der Waals surface area (Å²) in [7, 11) is 0. The molecule has 0 aliphatic rings. The number of fused-ring (bicyclic) bond motifs is 1. The number of nitrogens with two attached hydrogens (primary N) is 1. The van der Waals surface area contributed by atoms with Crippen molar-refractivity contribution in [2.45, 2.75) is 10.9 Å². The number of nitrogen functional groups attached to an aromatic ring is 1. The van der Waals surface area contributed by atoms with Crippen molar-refractivity contribution < 1.29 is 10.0 Å². The molecule has 0 aliphatic heterocycles. The second kappa shape index (κ2) is 5.91. The Hall–Kier alpha value is -2.09. The molecule has 0 amide bonds. The van der Waals surface area contributed by atoms with E-state index in [1.54, 1.807) is 12.3 Å². The minimum atomic E-state index is -1.26. The molecule has 20 heavy (non-hydrogen) atoms. The molecule has 3 aromatic rings. The number of benzene rings is 1. The second-order valence-electron chi connectivity index (χ2n) is 4.10. The summed E-state index contributed by atoms with van der Waals surface area (Å²) in [5, 5.41) is 0.462. The summed E-state index contributed by atoms with van der Waals surface area (Å²) >= 11 is -1.26. The summed E-state index contributed by atoms with van der Waals surface area (Å²) in [6.45, 7) is 0. The Morgan fingerprint density at radius 2 is 2.00 bits per heavy atom. The lowest BCUT2D eigenvalue weighted by molar-refractivity contribution is 0.587. The number of pyridine rings is 1. The summed E-state index contributed by atoms with van der Waals surface area (Å²) < 4.78 is 12.3. The van der Waals surface area contributed by atoms with Crippen molar-refractivity contribution in [1.29, 1.82) is 0 Å². The van der Waals surface area contributed by atoms with Crippen molar-refractivity contribution in [3.63, 3.8) is 0 Å². The van der Waals surface area contributed by atoms with Gasteiger partial charge in [0, 0.05) is 22.9 Å². The molecular weight excluding hydrogens is 276 g/mol. The topological polar surface area (TPSA) is 122 Å². The Morgan fingerprint density at radius 3 is 2.75 bits per heavy atom. The minimum absolute atomic E-state index is 0. The van der Waals surface area contributed by atoms with E-state index in [-0.39, 0.29) is 5.48 Å². The van der Waals surface area contributed by atoms with Crippen LogP contribution >= 0.6 is 0 Å². The van der Waals surface area contributed by atoms with Crippen molar-refractivity contribution >= 4 is 28.0 Å². The SMILES string of the molecule is Nc1ncccc1C[S+]([O-])c1nc2ccccc2[nH]1.O. The maximum absolute atomic E-state index is 12.3. The molecule has 0 saturated carbocycles. The van der Waals surface area contributed by atoms with Crippen LogP contribution in [0.2, 0.25) is 0 Å². The zero-order valence-electron chi connectivity index (χ0n) is 10.5. The van der Waals surface area contributed by atoms with E-state index in [1.165, 1.54) is 0 Å². The van der Waals surface area contributed by atoms with Crippen LogP contribution in [0.4, 0.5) is 5.82 Å². The molecule has 1 aromatic carbocycles. The zero-order chi connectivity index (χ0) is 13.2. The van der Waals surface area contributed by atoms with Gasteiger partial charge < -0.3 is 15.8 Å². The number of hydrogen-bond donors (Lipinski definition) is 2. The first kappa shape index (κ1) is 14.3. The molecule has 0 fully saturated rings. The third-order valence-corrected chi connectivity index (χ3v) is 3.99. The monoisotopic (exact) mass is 290 g/mol. The number of nitrogens with zero attached hydrogens (tertiary/aromatic N) is 2. The highest BCUT2D eigenvalue weighted by molar-refractivity contribution is 7.90. The maximum Gasteiger partial charge on any atom is 0.321 e. The first-order valence-corrected chi connectivity index (χ1v) is 7.08. The Morgan fingerprint density at radius 1 is 1.20 bits per heavy atom. The van der Waals surface area contributed by atoms with Gasteiger partial charge in [-0.3, -0.25) is 4.98 Å². The van der Waals surface area contributed by atoms with Crippen molar-refractivity contribution in [2.75, 3.05) is 5.73 Å². The summed E-state index contributed by atoms with van der Waals surface area (Å²) in [6, 6.07) is 11.2. The van der Waals surface area contributed by atoms with E-state index >= 15 is 0 Å².